The summed E-state index contributed by atoms with van der Waals surface area (Å²) in [6.45, 7) is 2.27. The van der Waals surface area contributed by atoms with Crippen LogP contribution in [0.2, 0.25) is 0 Å². The van der Waals surface area contributed by atoms with E-state index in [9.17, 15) is 9.59 Å². The summed E-state index contributed by atoms with van der Waals surface area (Å²) in [6, 6.07) is 12.8. The van der Waals surface area contributed by atoms with Crippen LogP contribution in [-0.4, -0.2) is 58.1 Å². The second kappa shape index (κ2) is 7.73. The Bertz CT molecular complexity index is 805. The Balaban J connectivity index is 1.33. The number of hydrogen-bond acceptors (Lipinski definition) is 4. The molecule has 1 N–H and O–H groups in total. The van der Waals surface area contributed by atoms with Gasteiger partial charge in [-0.3, -0.25) is 10.1 Å². The molecule has 140 valence electrons. The van der Waals surface area contributed by atoms with E-state index in [1.165, 1.54) is 12.8 Å². The van der Waals surface area contributed by atoms with Gasteiger partial charge >= 0.3 is 6.03 Å². The second-order valence-corrected chi connectivity index (χ2v) is 7.05. The van der Waals surface area contributed by atoms with Gasteiger partial charge in [0.05, 0.1) is 5.69 Å². The highest BCUT2D eigenvalue weighted by atomic mass is 16.2. The first kappa shape index (κ1) is 17.5. The van der Waals surface area contributed by atoms with Crippen LogP contribution < -0.4 is 5.32 Å². The number of hydrogen-bond donors (Lipinski definition) is 1. The number of carbonyl (C=O) groups excluding carboxylic acids is 2. The molecule has 1 aromatic carbocycles. The largest absolute Gasteiger partial charge is 0.337 e. The van der Waals surface area contributed by atoms with Gasteiger partial charge in [-0.05, 0) is 43.5 Å². The number of carbonyl (C=O) groups is 2. The predicted molar refractivity (Wildman–Crippen MR) is 102 cm³/mol. The van der Waals surface area contributed by atoms with Crippen LogP contribution in [0.15, 0.2) is 42.5 Å². The molecule has 0 atom stereocenters. The third kappa shape index (κ3) is 4.24. The minimum absolute atomic E-state index is 0.0133. The lowest BCUT2D eigenvalue weighted by Gasteiger charge is -2.22. The molecule has 2 fully saturated rings. The third-order valence-corrected chi connectivity index (χ3v) is 5.01. The summed E-state index contributed by atoms with van der Waals surface area (Å²) in [5.41, 5.74) is 1.68. The Morgan fingerprint density at radius 1 is 0.889 bits per heavy atom. The smallest absolute Gasteiger partial charge is 0.323 e. The number of nitrogens with one attached hydrogen (secondary N) is 1. The molecule has 1 aromatic heterocycles. The lowest BCUT2D eigenvalue weighted by molar-refractivity contribution is 0.0762. The molecule has 2 aliphatic rings. The van der Waals surface area contributed by atoms with Crippen molar-refractivity contribution in [3.63, 3.8) is 0 Å². The van der Waals surface area contributed by atoms with Crippen LogP contribution in [0.4, 0.5) is 10.6 Å². The molecular formula is C20H23N5O2. The van der Waals surface area contributed by atoms with Crippen LogP contribution in [0, 0.1) is 0 Å². The Morgan fingerprint density at radius 3 is 2.33 bits per heavy atom. The van der Waals surface area contributed by atoms with E-state index in [2.05, 4.69) is 15.5 Å². The fourth-order valence-electron chi connectivity index (χ4n) is 3.28. The standard InChI is InChI=1S/C20H23N5O2/c26-19(16-5-2-1-3-6-16)24-11-4-12-25(14-13-24)20(27)21-18-10-9-17(22-23-18)15-7-8-15/h1-3,5-6,9-10,15H,4,7-8,11-14H2,(H,21,23,27). The monoisotopic (exact) mass is 365 g/mol. The van der Waals surface area contributed by atoms with Crippen LogP contribution in [0.3, 0.4) is 0 Å². The van der Waals surface area contributed by atoms with Crippen molar-refractivity contribution in [1.29, 1.82) is 0 Å². The molecule has 1 saturated carbocycles. The maximum Gasteiger partial charge on any atom is 0.323 e. The minimum atomic E-state index is -0.197. The second-order valence-electron chi connectivity index (χ2n) is 7.05. The van der Waals surface area contributed by atoms with Gasteiger partial charge in [-0.1, -0.05) is 18.2 Å². The highest BCUT2D eigenvalue weighted by molar-refractivity contribution is 5.94. The average Bonchev–Trinajstić information content (AvgIpc) is 3.55. The molecule has 2 aromatic rings. The SMILES string of the molecule is O=C(Nc1ccc(C2CC2)nn1)N1CCCN(C(=O)c2ccccc2)CC1. The molecule has 7 heteroatoms. The van der Waals surface area contributed by atoms with E-state index in [1.807, 2.05) is 47.4 Å². The molecule has 0 radical (unpaired) electrons. The van der Waals surface area contributed by atoms with E-state index in [4.69, 9.17) is 0 Å². The Morgan fingerprint density at radius 2 is 1.63 bits per heavy atom. The zero-order chi connectivity index (χ0) is 18.6. The van der Waals surface area contributed by atoms with Gasteiger partial charge in [0.2, 0.25) is 0 Å². The average molecular weight is 365 g/mol. The number of nitrogens with zero attached hydrogens (tertiary/aromatic N) is 4. The summed E-state index contributed by atoms with van der Waals surface area (Å²) in [5, 5.41) is 11.1. The molecule has 2 heterocycles. The first-order chi connectivity index (χ1) is 13.2. The van der Waals surface area contributed by atoms with Crippen molar-refractivity contribution < 1.29 is 9.59 Å². The predicted octanol–water partition coefficient (Wildman–Crippen LogP) is 2.73. The van der Waals surface area contributed by atoms with Crippen molar-refractivity contribution in [3.05, 3.63) is 53.7 Å². The van der Waals surface area contributed by atoms with Crippen LogP contribution in [0.1, 0.15) is 41.2 Å². The van der Waals surface area contributed by atoms with Crippen LogP contribution in [0.5, 0.6) is 0 Å². The molecule has 0 bridgehead atoms. The zero-order valence-electron chi connectivity index (χ0n) is 15.2. The van der Waals surface area contributed by atoms with E-state index in [0.29, 0.717) is 43.5 Å². The third-order valence-electron chi connectivity index (χ3n) is 5.01. The summed E-state index contributed by atoms with van der Waals surface area (Å²) in [6.07, 6.45) is 3.09. The quantitative estimate of drug-likeness (QED) is 0.907. The van der Waals surface area contributed by atoms with Crippen LogP contribution in [-0.2, 0) is 0 Å². The molecule has 4 rings (SSSR count). The van der Waals surface area contributed by atoms with Crippen molar-refractivity contribution in [2.75, 3.05) is 31.5 Å². The highest BCUT2D eigenvalue weighted by Crippen LogP contribution is 2.38. The van der Waals surface area contributed by atoms with E-state index in [-0.39, 0.29) is 11.9 Å². The Hall–Kier alpha value is -2.96. The van der Waals surface area contributed by atoms with Gasteiger partial charge < -0.3 is 9.80 Å². The lowest BCUT2D eigenvalue weighted by Crippen LogP contribution is -2.39. The van der Waals surface area contributed by atoms with E-state index in [1.54, 1.807) is 4.90 Å². The van der Waals surface area contributed by atoms with E-state index >= 15 is 0 Å². The van der Waals surface area contributed by atoms with Gasteiger partial charge in [-0.2, -0.15) is 5.10 Å². The minimum Gasteiger partial charge on any atom is -0.337 e. The number of benzene rings is 1. The Labute approximate surface area is 158 Å². The number of aromatic nitrogens is 2. The van der Waals surface area contributed by atoms with Crippen molar-refractivity contribution in [2.45, 2.75) is 25.2 Å². The topological polar surface area (TPSA) is 78.4 Å². The van der Waals surface area contributed by atoms with Crippen molar-refractivity contribution in [3.8, 4) is 0 Å². The van der Waals surface area contributed by atoms with E-state index < -0.39 is 0 Å². The molecule has 7 nitrogen and oxygen atoms in total. The van der Waals surface area contributed by atoms with Crippen molar-refractivity contribution in [2.24, 2.45) is 0 Å². The zero-order valence-corrected chi connectivity index (χ0v) is 15.2. The normalized spacial score (nSPS) is 17.3. The first-order valence-corrected chi connectivity index (χ1v) is 9.44. The number of anilines is 1. The van der Waals surface area contributed by atoms with Gasteiger partial charge in [0.15, 0.2) is 5.82 Å². The first-order valence-electron chi connectivity index (χ1n) is 9.44. The highest BCUT2D eigenvalue weighted by Gasteiger charge is 2.26. The summed E-state index contributed by atoms with van der Waals surface area (Å²) < 4.78 is 0. The number of amides is 3. The van der Waals surface area contributed by atoms with Gasteiger partial charge in [0, 0.05) is 37.7 Å². The molecule has 0 spiro atoms. The fourth-order valence-corrected chi connectivity index (χ4v) is 3.28. The molecule has 3 amide bonds. The van der Waals surface area contributed by atoms with Gasteiger partial charge in [-0.15, -0.1) is 5.10 Å². The van der Waals surface area contributed by atoms with Gasteiger partial charge in [0.1, 0.15) is 0 Å². The van der Waals surface area contributed by atoms with Crippen LogP contribution >= 0.6 is 0 Å². The van der Waals surface area contributed by atoms with Gasteiger partial charge in [0.25, 0.3) is 5.91 Å². The van der Waals surface area contributed by atoms with E-state index in [0.717, 1.165) is 12.1 Å². The number of urea groups is 1. The summed E-state index contributed by atoms with van der Waals surface area (Å²) in [5.74, 6) is 1.02. The molecule has 1 aliphatic carbocycles. The molecule has 27 heavy (non-hydrogen) atoms. The molecule has 1 saturated heterocycles. The molecule has 0 unspecified atom stereocenters. The summed E-state index contributed by atoms with van der Waals surface area (Å²) >= 11 is 0. The van der Waals surface area contributed by atoms with Crippen LogP contribution in [0.25, 0.3) is 0 Å². The maximum atomic E-state index is 12.6. The van der Waals surface area contributed by atoms with Crippen molar-refractivity contribution >= 4 is 17.8 Å². The Kier molecular flexibility index (Phi) is 5.00. The van der Waals surface area contributed by atoms with Gasteiger partial charge in [-0.25, -0.2) is 4.79 Å². The lowest BCUT2D eigenvalue weighted by atomic mass is 10.2. The summed E-state index contributed by atoms with van der Waals surface area (Å²) in [7, 11) is 0. The maximum absolute atomic E-state index is 12.6. The fraction of sp³-hybridized carbons (Fsp3) is 0.400. The summed E-state index contributed by atoms with van der Waals surface area (Å²) in [4.78, 5) is 28.7. The molecule has 1 aliphatic heterocycles. The molecular weight excluding hydrogens is 342 g/mol. The number of rotatable bonds is 3. The van der Waals surface area contributed by atoms with Crippen molar-refractivity contribution in [1.82, 2.24) is 20.0 Å².